The van der Waals surface area contributed by atoms with Gasteiger partial charge in [-0.25, -0.2) is 0 Å². The van der Waals surface area contributed by atoms with Gasteiger partial charge in [-0.3, -0.25) is 0 Å². The van der Waals surface area contributed by atoms with Crippen LogP contribution in [-0.2, 0) is 0 Å². The first-order valence-electron chi connectivity index (χ1n) is 10.5. The van der Waals surface area contributed by atoms with E-state index in [1.54, 1.807) is 0 Å². The van der Waals surface area contributed by atoms with Crippen molar-refractivity contribution in [2.75, 3.05) is 0 Å². The second-order valence-corrected chi connectivity index (χ2v) is 8.89. The summed E-state index contributed by atoms with van der Waals surface area (Å²) >= 11 is 0. The highest BCUT2D eigenvalue weighted by Crippen LogP contribution is 2.28. The molecule has 0 heterocycles. The standard InChI is InChI=1S/C23H46/c1-8-10-17-23(6,7)18-14-12-11-13-16-22(15-9-2)19-21(5)20(3)4/h14,18,20-22H,8-13,15-17,19H2,1-7H3. The van der Waals surface area contributed by atoms with E-state index >= 15 is 0 Å². The van der Waals surface area contributed by atoms with Gasteiger partial charge in [0, 0.05) is 0 Å². The van der Waals surface area contributed by atoms with E-state index < -0.39 is 0 Å². The minimum Gasteiger partial charge on any atom is -0.0880 e. The van der Waals surface area contributed by atoms with Crippen molar-refractivity contribution in [2.24, 2.45) is 23.2 Å². The first-order chi connectivity index (χ1) is 10.8. The third-order valence-corrected chi connectivity index (χ3v) is 5.52. The normalized spacial score (nSPS) is 15.5. The molecule has 0 rings (SSSR count). The van der Waals surface area contributed by atoms with Crippen molar-refractivity contribution < 1.29 is 0 Å². The minimum atomic E-state index is 0.396. The van der Waals surface area contributed by atoms with Crippen molar-refractivity contribution in [1.82, 2.24) is 0 Å². The Labute approximate surface area is 148 Å². The maximum atomic E-state index is 2.47. The largest absolute Gasteiger partial charge is 0.0880 e. The lowest BCUT2D eigenvalue weighted by molar-refractivity contribution is 0.288. The molecular weight excluding hydrogens is 276 g/mol. The van der Waals surface area contributed by atoms with Crippen LogP contribution in [0.15, 0.2) is 12.2 Å². The van der Waals surface area contributed by atoms with Crippen molar-refractivity contribution in [1.29, 1.82) is 0 Å². The van der Waals surface area contributed by atoms with E-state index in [-0.39, 0.29) is 0 Å². The highest BCUT2D eigenvalue weighted by atomic mass is 14.2. The molecule has 0 saturated carbocycles. The Morgan fingerprint density at radius 1 is 0.870 bits per heavy atom. The van der Waals surface area contributed by atoms with E-state index in [0.717, 1.165) is 17.8 Å². The van der Waals surface area contributed by atoms with Gasteiger partial charge in [0.15, 0.2) is 0 Å². The molecule has 0 aliphatic rings. The Kier molecular flexibility index (Phi) is 12.9. The molecule has 0 radical (unpaired) electrons. The van der Waals surface area contributed by atoms with Crippen LogP contribution in [0.1, 0.15) is 113 Å². The van der Waals surface area contributed by atoms with Crippen LogP contribution in [0, 0.1) is 23.2 Å². The zero-order chi connectivity index (χ0) is 17.7. The Hall–Kier alpha value is -0.260. The summed E-state index contributed by atoms with van der Waals surface area (Å²) in [5.41, 5.74) is 0.396. The molecule has 23 heavy (non-hydrogen) atoms. The molecule has 0 aliphatic heterocycles. The molecule has 0 bridgehead atoms. The second kappa shape index (κ2) is 13.1. The van der Waals surface area contributed by atoms with E-state index in [9.17, 15) is 0 Å². The van der Waals surface area contributed by atoms with Crippen LogP contribution in [0.3, 0.4) is 0 Å². The van der Waals surface area contributed by atoms with Gasteiger partial charge in [-0.2, -0.15) is 0 Å². The van der Waals surface area contributed by atoms with Crippen LogP contribution in [0.5, 0.6) is 0 Å². The smallest absolute Gasteiger partial charge is 0.0175 e. The Bertz CT molecular complexity index is 284. The zero-order valence-electron chi connectivity index (χ0n) is 17.5. The Morgan fingerprint density at radius 2 is 1.57 bits per heavy atom. The fourth-order valence-electron chi connectivity index (χ4n) is 3.40. The van der Waals surface area contributed by atoms with Crippen molar-refractivity contribution in [3.63, 3.8) is 0 Å². The first-order valence-corrected chi connectivity index (χ1v) is 10.5. The lowest BCUT2D eigenvalue weighted by Crippen LogP contribution is -2.11. The fourth-order valence-corrected chi connectivity index (χ4v) is 3.40. The molecule has 0 spiro atoms. The molecule has 0 amide bonds. The second-order valence-electron chi connectivity index (χ2n) is 8.89. The van der Waals surface area contributed by atoms with Crippen LogP contribution in [-0.4, -0.2) is 0 Å². The average Bonchev–Trinajstić information content (AvgIpc) is 2.48. The summed E-state index contributed by atoms with van der Waals surface area (Å²) in [5, 5.41) is 0. The van der Waals surface area contributed by atoms with Gasteiger partial charge in [-0.05, 0) is 48.9 Å². The molecule has 0 N–H and O–H groups in total. The van der Waals surface area contributed by atoms with E-state index in [4.69, 9.17) is 0 Å². The number of hydrogen-bond acceptors (Lipinski definition) is 0. The molecule has 0 heteroatoms. The molecule has 0 aromatic heterocycles. The molecule has 0 aliphatic carbocycles. The monoisotopic (exact) mass is 322 g/mol. The molecule has 2 atom stereocenters. The molecule has 0 fully saturated rings. The van der Waals surface area contributed by atoms with E-state index in [2.05, 4.69) is 60.6 Å². The van der Waals surface area contributed by atoms with E-state index in [1.807, 2.05) is 0 Å². The molecule has 0 nitrogen and oxygen atoms in total. The van der Waals surface area contributed by atoms with Gasteiger partial charge in [0.25, 0.3) is 0 Å². The van der Waals surface area contributed by atoms with Gasteiger partial charge in [-0.1, -0.05) is 99.1 Å². The highest BCUT2D eigenvalue weighted by Gasteiger charge is 2.15. The third-order valence-electron chi connectivity index (χ3n) is 5.52. The lowest BCUT2D eigenvalue weighted by atomic mass is 9.83. The topological polar surface area (TPSA) is 0 Å². The number of rotatable bonds is 14. The molecule has 138 valence electrons. The minimum absolute atomic E-state index is 0.396. The Balaban J connectivity index is 3.97. The predicted molar refractivity (Wildman–Crippen MR) is 108 cm³/mol. The van der Waals surface area contributed by atoms with Gasteiger partial charge in [0.2, 0.25) is 0 Å². The first kappa shape index (κ1) is 22.7. The van der Waals surface area contributed by atoms with Crippen LogP contribution >= 0.6 is 0 Å². The van der Waals surface area contributed by atoms with Crippen LogP contribution in [0.2, 0.25) is 0 Å². The number of hydrogen-bond donors (Lipinski definition) is 0. The lowest BCUT2D eigenvalue weighted by Gasteiger charge is -2.23. The van der Waals surface area contributed by atoms with Crippen molar-refractivity contribution in [3.05, 3.63) is 12.2 Å². The fraction of sp³-hybridized carbons (Fsp3) is 0.913. The SMILES string of the molecule is CCCCC(C)(C)C=CCCCCC(CCC)CC(C)C(C)C. The predicted octanol–water partition coefficient (Wildman–Crippen LogP) is 8.42. The van der Waals surface area contributed by atoms with Gasteiger partial charge < -0.3 is 0 Å². The van der Waals surface area contributed by atoms with E-state index in [1.165, 1.54) is 64.2 Å². The maximum absolute atomic E-state index is 2.47. The summed E-state index contributed by atoms with van der Waals surface area (Å²) in [4.78, 5) is 0. The third kappa shape index (κ3) is 12.8. The van der Waals surface area contributed by atoms with Crippen LogP contribution in [0.25, 0.3) is 0 Å². The van der Waals surface area contributed by atoms with Crippen LogP contribution < -0.4 is 0 Å². The highest BCUT2D eigenvalue weighted by molar-refractivity contribution is 4.94. The summed E-state index contributed by atoms with van der Waals surface area (Å²) < 4.78 is 0. The summed E-state index contributed by atoms with van der Waals surface area (Å²) in [6.45, 7) is 16.6. The summed E-state index contributed by atoms with van der Waals surface area (Å²) in [6.07, 6.45) is 18.6. The quantitative estimate of drug-likeness (QED) is 0.222. The van der Waals surface area contributed by atoms with Crippen molar-refractivity contribution in [2.45, 2.75) is 113 Å². The maximum Gasteiger partial charge on any atom is -0.0175 e. The molecule has 2 unspecified atom stereocenters. The van der Waals surface area contributed by atoms with Crippen LogP contribution in [0.4, 0.5) is 0 Å². The average molecular weight is 323 g/mol. The summed E-state index contributed by atoms with van der Waals surface area (Å²) in [5.74, 6) is 2.68. The number of allylic oxidation sites excluding steroid dienone is 2. The van der Waals surface area contributed by atoms with Gasteiger partial charge in [0.1, 0.15) is 0 Å². The van der Waals surface area contributed by atoms with Gasteiger partial charge in [0.05, 0.1) is 0 Å². The summed E-state index contributed by atoms with van der Waals surface area (Å²) in [6, 6.07) is 0. The number of unbranched alkanes of at least 4 members (excludes halogenated alkanes) is 3. The molecule has 0 aromatic carbocycles. The summed E-state index contributed by atoms with van der Waals surface area (Å²) in [7, 11) is 0. The van der Waals surface area contributed by atoms with Gasteiger partial charge in [-0.15, -0.1) is 0 Å². The van der Waals surface area contributed by atoms with Crippen molar-refractivity contribution >= 4 is 0 Å². The zero-order valence-corrected chi connectivity index (χ0v) is 17.5. The molecule has 0 saturated heterocycles. The molecule has 0 aromatic rings. The van der Waals surface area contributed by atoms with Crippen molar-refractivity contribution in [3.8, 4) is 0 Å². The molecular formula is C23H46. The Morgan fingerprint density at radius 3 is 2.13 bits per heavy atom. The van der Waals surface area contributed by atoms with Gasteiger partial charge >= 0.3 is 0 Å². The van der Waals surface area contributed by atoms with E-state index in [0.29, 0.717) is 5.41 Å².